The zero-order valence-corrected chi connectivity index (χ0v) is 9.70. The number of hydrogen-bond donors (Lipinski definition) is 2. The third-order valence-corrected chi connectivity index (χ3v) is 2.79. The van der Waals surface area contributed by atoms with E-state index in [9.17, 15) is 9.59 Å². The Labute approximate surface area is 103 Å². The van der Waals surface area contributed by atoms with Crippen molar-refractivity contribution in [3.63, 3.8) is 0 Å². The molecule has 1 aromatic rings. The summed E-state index contributed by atoms with van der Waals surface area (Å²) in [6, 6.07) is 1.26. The van der Waals surface area contributed by atoms with Gasteiger partial charge in [0, 0.05) is 12.0 Å². The summed E-state index contributed by atoms with van der Waals surface area (Å²) in [6.07, 6.45) is 2.30. The van der Waals surface area contributed by atoms with Crippen molar-refractivity contribution in [2.24, 2.45) is 0 Å². The van der Waals surface area contributed by atoms with E-state index >= 15 is 0 Å². The van der Waals surface area contributed by atoms with Crippen molar-refractivity contribution in [3.8, 4) is 0 Å². The summed E-state index contributed by atoms with van der Waals surface area (Å²) < 4.78 is 0. The second kappa shape index (κ2) is 5.09. The van der Waals surface area contributed by atoms with Gasteiger partial charge in [0.05, 0.1) is 12.1 Å². The van der Waals surface area contributed by atoms with E-state index in [1.54, 1.807) is 6.07 Å². The molecule has 2 rings (SSSR count). The van der Waals surface area contributed by atoms with Crippen LogP contribution in [-0.4, -0.2) is 28.1 Å². The fourth-order valence-electron chi connectivity index (χ4n) is 1.58. The number of nitrogens with one attached hydrogen (secondary N) is 2. The predicted octanol–water partition coefficient (Wildman–Crippen LogP) is 0.432. The van der Waals surface area contributed by atoms with E-state index in [1.165, 1.54) is 6.20 Å². The quantitative estimate of drug-likeness (QED) is 0.604. The molecule has 0 spiro atoms. The van der Waals surface area contributed by atoms with Crippen LogP contribution in [0.3, 0.4) is 0 Å². The Morgan fingerprint density at radius 2 is 2.35 bits per heavy atom. The lowest BCUT2D eigenvalue weighted by atomic mass is 10.1. The van der Waals surface area contributed by atoms with Crippen LogP contribution >= 0.6 is 11.6 Å². The van der Waals surface area contributed by atoms with E-state index in [0.29, 0.717) is 18.7 Å². The Bertz CT molecular complexity index is 452. The zero-order valence-electron chi connectivity index (χ0n) is 8.94. The predicted molar refractivity (Wildman–Crippen MR) is 61.4 cm³/mol. The summed E-state index contributed by atoms with van der Waals surface area (Å²) in [5.41, 5.74) is 0.770. The van der Waals surface area contributed by atoms with Crippen molar-refractivity contribution in [1.82, 2.24) is 15.5 Å². The number of imide groups is 1. The van der Waals surface area contributed by atoms with Gasteiger partial charge < -0.3 is 5.32 Å². The third-order valence-electron chi connectivity index (χ3n) is 2.50. The molecule has 1 unspecified atom stereocenters. The topological polar surface area (TPSA) is 84.0 Å². The Morgan fingerprint density at radius 3 is 3.06 bits per heavy atom. The molecule has 2 N–H and O–H groups in total. The van der Waals surface area contributed by atoms with E-state index in [4.69, 9.17) is 11.6 Å². The molecule has 1 aromatic heterocycles. The number of alkyl halides is 1. The SMILES string of the molecule is O=C1CCC(Nc2nnccc2CCl)C(=O)N1. The minimum atomic E-state index is -0.466. The van der Waals surface area contributed by atoms with Gasteiger partial charge in [-0.05, 0) is 12.5 Å². The van der Waals surface area contributed by atoms with Crippen molar-refractivity contribution in [2.75, 3.05) is 5.32 Å². The van der Waals surface area contributed by atoms with Gasteiger partial charge in [0.15, 0.2) is 5.82 Å². The number of amides is 2. The Hall–Kier alpha value is -1.69. The average molecular weight is 255 g/mol. The zero-order chi connectivity index (χ0) is 12.3. The lowest BCUT2D eigenvalue weighted by molar-refractivity contribution is -0.133. The van der Waals surface area contributed by atoms with Crippen molar-refractivity contribution in [3.05, 3.63) is 17.8 Å². The van der Waals surface area contributed by atoms with Gasteiger partial charge in [-0.2, -0.15) is 5.10 Å². The molecule has 0 aliphatic carbocycles. The monoisotopic (exact) mass is 254 g/mol. The Balaban J connectivity index is 2.10. The maximum Gasteiger partial charge on any atom is 0.249 e. The summed E-state index contributed by atoms with van der Waals surface area (Å²) in [5, 5.41) is 12.8. The summed E-state index contributed by atoms with van der Waals surface area (Å²) in [4.78, 5) is 22.5. The van der Waals surface area contributed by atoms with E-state index < -0.39 is 6.04 Å². The van der Waals surface area contributed by atoms with E-state index in [1.807, 2.05) is 0 Å². The lowest BCUT2D eigenvalue weighted by Crippen LogP contribution is -2.47. The molecular weight excluding hydrogens is 244 g/mol. The first-order valence-electron chi connectivity index (χ1n) is 5.17. The van der Waals surface area contributed by atoms with E-state index in [0.717, 1.165) is 5.56 Å². The minimum absolute atomic E-state index is 0.246. The Kier molecular flexibility index (Phi) is 3.53. The lowest BCUT2D eigenvalue weighted by Gasteiger charge is -2.22. The van der Waals surface area contributed by atoms with Gasteiger partial charge in [-0.25, -0.2) is 0 Å². The van der Waals surface area contributed by atoms with Crippen LogP contribution in [0, 0.1) is 0 Å². The van der Waals surface area contributed by atoms with Crippen LogP contribution in [0.1, 0.15) is 18.4 Å². The molecule has 0 saturated carbocycles. The highest BCUT2D eigenvalue weighted by Crippen LogP contribution is 2.16. The second-order valence-corrected chi connectivity index (χ2v) is 3.95. The smallest absolute Gasteiger partial charge is 0.249 e. The number of anilines is 1. The van der Waals surface area contributed by atoms with Gasteiger partial charge in [-0.3, -0.25) is 14.9 Å². The molecule has 1 aliphatic heterocycles. The number of carbonyl (C=O) groups excluding carboxylic acids is 2. The molecule has 7 heteroatoms. The maximum absolute atomic E-state index is 11.5. The molecule has 2 heterocycles. The highest BCUT2D eigenvalue weighted by molar-refractivity contribution is 6.17. The number of piperidine rings is 1. The van der Waals surface area contributed by atoms with E-state index in [2.05, 4.69) is 20.8 Å². The van der Waals surface area contributed by atoms with Crippen molar-refractivity contribution in [1.29, 1.82) is 0 Å². The van der Waals surface area contributed by atoms with Gasteiger partial charge in [0.25, 0.3) is 0 Å². The summed E-state index contributed by atoms with van der Waals surface area (Å²) >= 11 is 5.75. The standard InChI is InChI=1S/C10H11ClN4O2/c11-5-6-3-4-12-15-9(6)13-7-1-2-8(16)14-10(7)17/h3-4,7H,1-2,5H2,(H,13,15)(H,14,16,17). The van der Waals surface area contributed by atoms with Crippen LogP contribution < -0.4 is 10.6 Å². The normalized spacial score (nSPS) is 19.9. The fourth-order valence-corrected chi connectivity index (χ4v) is 1.80. The van der Waals surface area contributed by atoms with E-state index in [-0.39, 0.29) is 17.7 Å². The molecule has 0 radical (unpaired) electrons. The van der Waals surface area contributed by atoms with Crippen molar-refractivity contribution in [2.45, 2.75) is 24.8 Å². The number of rotatable bonds is 3. The average Bonchev–Trinajstić information content (AvgIpc) is 2.33. The molecule has 6 nitrogen and oxygen atoms in total. The minimum Gasteiger partial charge on any atom is -0.357 e. The van der Waals surface area contributed by atoms with Crippen LogP contribution in [0.2, 0.25) is 0 Å². The number of aromatic nitrogens is 2. The molecule has 1 atom stereocenters. The van der Waals surface area contributed by atoms with Gasteiger partial charge in [-0.15, -0.1) is 16.7 Å². The largest absolute Gasteiger partial charge is 0.357 e. The summed E-state index contributed by atoms with van der Waals surface area (Å²) in [7, 11) is 0. The molecule has 1 saturated heterocycles. The summed E-state index contributed by atoms with van der Waals surface area (Å²) in [5.74, 6) is 0.180. The van der Waals surface area contributed by atoms with Crippen LogP contribution in [0.25, 0.3) is 0 Å². The van der Waals surface area contributed by atoms with Crippen LogP contribution in [0.5, 0.6) is 0 Å². The molecule has 1 fully saturated rings. The number of carbonyl (C=O) groups is 2. The van der Waals surface area contributed by atoms with Gasteiger partial charge >= 0.3 is 0 Å². The van der Waals surface area contributed by atoms with Crippen LogP contribution in [0.4, 0.5) is 5.82 Å². The molecule has 90 valence electrons. The second-order valence-electron chi connectivity index (χ2n) is 3.69. The summed E-state index contributed by atoms with van der Waals surface area (Å²) in [6.45, 7) is 0. The highest BCUT2D eigenvalue weighted by atomic mass is 35.5. The number of hydrogen-bond acceptors (Lipinski definition) is 5. The molecule has 1 aliphatic rings. The third kappa shape index (κ3) is 2.71. The first-order valence-corrected chi connectivity index (χ1v) is 5.71. The molecule has 2 amide bonds. The first kappa shape index (κ1) is 11.8. The molecule has 0 aromatic carbocycles. The van der Waals surface area contributed by atoms with Gasteiger partial charge in [-0.1, -0.05) is 0 Å². The molecule has 0 bridgehead atoms. The maximum atomic E-state index is 11.5. The fraction of sp³-hybridized carbons (Fsp3) is 0.400. The van der Waals surface area contributed by atoms with Crippen molar-refractivity contribution < 1.29 is 9.59 Å². The van der Waals surface area contributed by atoms with Crippen molar-refractivity contribution >= 4 is 29.2 Å². The van der Waals surface area contributed by atoms with Crippen LogP contribution in [0.15, 0.2) is 12.3 Å². The first-order chi connectivity index (χ1) is 8.20. The van der Waals surface area contributed by atoms with Crippen LogP contribution in [-0.2, 0) is 15.5 Å². The highest BCUT2D eigenvalue weighted by Gasteiger charge is 2.27. The number of nitrogens with zero attached hydrogens (tertiary/aromatic N) is 2. The Morgan fingerprint density at radius 1 is 1.53 bits per heavy atom. The van der Waals surface area contributed by atoms with Gasteiger partial charge in [0.1, 0.15) is 6.04 Å². The molecule has 17 heavy (non-hydrogen) atoms. The van der Waals surface area contributed by atoms with Gasteiger partial charge in [0.2, 0.25) is 11.8 Å². The number of halogens is 1. The molecular formula is C10H11ClN4O2.